The number of rotatable bonds is 18. The lowest BCUT2D eigenvalue weighted by molar-refractivity contribution is -0.887. The molecular formula is C23H50IN2O+. The zero-order chi connectivity index (χ0) is 19.7. The molecule has 0 unspecified atom stereocenters. The molecule has 1 amide bonds. The Kier molecular flexibility index (Phi) is 21.2. The average Bonchev–Trinajstić information content (AvgIpc) is 2.63. The molecule has 0 radical (unpaired) electrons. The zero-order valence-electron chi connectivity index (χ0n) is 19.2. The first-order valence-corrected chi connectivity index (χ1v) is 11.5. The van der Waals surface area contributed by atoms with E-state index in [9.17, 15) is 4.79 Å². The lowest BCUT2D eigenvalue weighted by atomic mass is 10.0. The lowest BCUT2D eigenvalue weighted by Gasteiger charge is -2.30. The molecule has 0 saturated heterocycles. The van der Waals surface area contributed by atoms with Crippen molar-refractivity contribution < 1.29 is 9.28 Å². The van der Waals surface area contributed by atoms with Crippen LogP contribution in [0.1, 0.15) is 104 Å². The van der Waals surface area contributed by atoms with Crippen LogP contribution in [-0.4, -0.2) is 56.1 Å². The van der Waals surface area contributed by atoms with Crippen molar-refractivity contribution in [1.29, 1.82) is 0 Å². The molecule has 0 heterocycles. The normalized spacial score (nSPS) is 11.3. The molecule has 0 fully saturated rings. The fraction of sp³-hybridized carbons (Fsp3) is 0.957. The second-order valence-electron chi connectivity index (χ2n) is 8.78. The number of hydrogen-bond donors (Lipinski definition) is 0. The minimum atomic E-state index is 0. The molecule has 4 heteroatoms. The SMILES string of the molecule is CCCCCCCCCCCCCCCC(=O)N(C)CC[N+](C)(C)CC.I. The fourth-order valence-electron chi connectivity index (χ4n) is 3.19. The van der Waals surface area contributed by atoms with Crippen LogP contribution in [0.25, 0.3) is 0 Å². The highest BCUT2D eigenvalue weighted by molar-refractivity contribution is 14.0. The standard InChI is InChI=1S/C23H49N2O.HI/c1-6-8-9-10-11-12-13-14-15-16-17-18-19-20-23(26)24(3)21-22-25(4,5)7-2;/h6-22H2,1-5H3;1H/q+1;. The van der Waals surface area contributed by atoms with Crippen LogP contribution in [-0.2, 0) is 4.79 Å². The third-order valence-electron chi connectivity index (χ3n) is 5.82. The molecule has 0 atom stereocenters. The van der Waals surface area contributed by atoms with E-state index in [-0.39, 0.29) is 24.0 Å². The third kappa shape index (κ3) is 19.3. The maximum absolute atomic E-state index is 12.2. The van der Waals surface area contributed by atoms with Crippen molar-refractivity contribution in [2.24, 2.45) is 0 Å². The number of halogens is 1. The molecule has 0 spiro atoms. The van der Waals surface area contributed by atoms with E-state index in [2.05, 4.69) is 27.9 Å². The van der Waals surface area contributed by atoms with Crippen LogP contribution < -0.4 is 0 Å². The molecule has 164 valence electrons. The maximum Gasteiger partial charge on any atom is 0.222 e. The van der Waals surface area contributed by atoms with E-state index >= 15 is 0 Å². The summed E-state index contributed by atoms with van der Waals surface area (Å²) in [4.78, 5) is 14.1. The molecule has 0 aliphatic heterocycles. The van der Waals surface area contributed by atoms with Gasteiger partial charge < -0.3 is 9.38 Å². The number of quaternary nitrogens is 1. The van der Waals surface area contributed by atoms with Gasteiger partial charge in [0.05, 0.1) is 33.7 Å². The molecule has 27 heavy (non-hydrogen) atoms. The van der Waals surface area contributed by atoms with E-state index < -0.39 is 0 Å². The molecule has 0 aliphatic rings. The van der Waals surface area contributed by atoms with Gasteiger partial charge in [-0.1, -0.05) is 84.0 Å². The Bertz CT molecular complexity index is 334. The molecular weight excluding hydrogens is 447 g/mol. The molecule has 0 aromatic carbocycles. The van der Waals surface area contributed by atoms with Gasteiger partial charge in [0, 0.05) is 13.5 Å². The van der Waals surface area contributed by atoms with Gasteiger partial charge in [0.25, 0.3) is 0 Å². The third-order valence-corrected chi connectivity index (χ3v) is 5.82. The summed E-state index contributed by atoms with van der Waals surface area (Å²) in [6, 6.07) is 0. The van der Waals surface area contributed by atoms with Gasteiger partial charge in [-0.25, -0.2) is 0 Å². The Morgan fingerprint density at radius 2 is 1.15 bits per heavy atom. The van der Waals surface area contributed by atoms with Crippen molar-refractivity contribution in [2.45, 2.75) is 104 Å². The summed E-state index contributed by atoms with van der Waals surface area (Å²) in [6.07, 6.45) is 18.3. The lowest BCUT2D eigenvalue weighted by Crippen LogP contribution is -2.45. The van der Waals surface area contributed by atoms with E-state index in [0.29, 0.717) is 5.91 Å². The van der Waals surface area contributed by atoms with Crippen LogP contribution in [0.15, 0.2) is 0 Å². The highest BCUT2D eigenvalue weighted by Gasteiger charge is 2.15. The molecule has 0 aromatic heterocycles. The van der Waals surface area contributed by atoms with Gasteiger partial charge >= 0.3 is 0 Å². The monoisotopic (exact) mass is 497 g/mol. The molecule has 0 N–H and O–H groups in total. The molecule has 0 rings (SSSR count). The molecule has 3 nitrogen and oxygen atoms in total. The predicted octanol–water partition coefficient (Wildman–Crippen LogP) is 6.64. The van der Waals surface area contributed by atoms with Crippen LogP contribution in [0, 0.1) is 0 Å². The van der Waals surface area contributed by atoms with E-state index in [0.717, 1.165) is 37.0 Å². The summed E-state index contributed by atoms with van der Waals surface area (Å²) in [5.41, 5.74) is 0. The summed E-state index contributed by atoms with van der Waals surface area (Å²) in [5.74, 6) is 0.323. The summed E-state index contributed by atoms with van der Waals surface area (Å²) >= 11 is 0. The largest absolute Gasteiger partial charge is 0.340 e. The van der Waals surface area contributed by atoms with Crippen LogP contribution in [0.4, 0.5) is 0 Å². The fourth-order valence-corrected chi connectivity index (χ4v) is 3.19. The van der Waals surface area contributed by atoms with Gasteiger partial charge in [-0.05, 0) is 13.3 Å². The van der Waals surface area contributed by atoms with Gasteiger partial charge in [-0.2, -0.15) is 0 Å². The van der Waals surface area contributed by atoms with E-state index in [4.69, 9.17) is 0 Å². The first kappa shape index (κ1) is 29.4. The Morgan fingerprint density at radius 3 is 1.56 bits per heavy atom. The van der Waals surface area contributed by atoms with Crippen molar-refractivity contribution in [3.63, 3.8) is 0 Å². The summed E-state index contributed by atoms with van der Waals surface area (Å²) < 4.78 is 0.982. The van der Waals surface area contributed by atoms with Crippen LogP contribution in [0.5, 0.6) is 0 Å². The van der Waals surface area contributed by atoms with Crippen molar-refractivity contribution in [3.05, 3.63) is 0 Å². The maximum atomic E-state index is 12.2. The Hall–Kier alpha value is 0.160. The molecule has 0 aromatic rings. The smallest absolute Gasteiger partial charge is 0.222 e. The van der Waals surface area contributed by atoms with Crippen LogP contribution in [0.2, 0.25) is 0 Å². The average molecular weight is 498 g/mol. The van der Waals surface area contributed by atoms with Gasteiger partial charge in [-0.3, -0.25) is 4.79 Å². The second kappa shape index (κ2) is 19.5. The number of amides is 1. The highest BCUT2D eigenvalue weighted by Crippen LogP contribution is 2.13. The number of carbonyl (C=O) groups excluding carboxylic acids is 1. The summed E-state index contributed by atoms with van der Waals surface area (Å²) in [7, 11) is 6.41. The number of unbranched alkanes of at least 4 members (excludes halogenated alkanes) is 12. The number of hydrogen-bond acceptors (Lipinski definition) is 1. The van der Waals surface area contributed by atoms with Gasteiger partial charge in [0.15, 0.2) is 0 Å². The zero-order valence-corrected chi connectivity index (χ0v) is 21.6. The van der Waals surface area contributed by atoms with Crippen molar-refractivity contribution >= 4 is 29.9 Å². The van der Waals surface area contributed by atoms with E-state index in [1.807, 2.05) is 11.9 Å². The molecule has 0 bridgehead atoms. The van der Waals surface area contributed by atoms with E-state index in [1.165, 1.54) is 77.0 Å². The highest BCUT2D eigenvalue weighted by atomic mass is 127. The Labute approximate surface area is 188 Å². The topological polar surface area (TPSA) is 20.3 Å². The number of nitrogens with zero attached hydrogens (tertiary/aromatic N) is 2. The second-order valence-corrected chi connectivity index (χ2v) is 8.78. The van der Waals surface area contributed by atoms with Crippen molar-refractivity contribution in [2.75, 3.05) is 40.8 Å². The van der Waals surface area contributed by atoms with Crippen molar-refractivity contribution in [1.82, 2.24) is 4.90 Å². The quantitative estimate of drug-likeness (QED) is 0.118. The minimum Gasteiger partial charge on any atom is -0.340 e. The van der Waals surface area contributed by atoms with Gasteiger partial charge in [0.1, 0.15) is 0 Å². The Morgan fingerprint density at radius 1 is 0.741 bits per heavy atom. The molecule has 0 saturated carbocycles. The number of likely N-dealkylation sites (N-methyl/N-ethyl adjacent to an activating group) is 2. The van der Waals surface area contributed by atoms with E-state index in [1.54, 1.807) is 0 Å². The van der Waals surface area contributed by atoms with Gasteiger partial charge in [-0.15, -0.1) is 24.0 Å². The van der Waals surface area contributed by atoms with Gasteiger partial charge in [0.2, 0.25) is 5.91 Å². The van der Waals surface area contributed by atoms with Crippen LogP contribution >= 0.6 is 24.0 Å². The van der Waals surface area contributed by atoms with Crippen LogP contribution in [0.3, 0.4) is 0 Å². The Balaban J connectivity index is 0. The summed E-state index contributed by atoms with van der Waals surface area (Å²) in [5, 5.41) is 0. The minimum absolute atomic E-state index is 0. The summed E-state index contributed by atoms with van der Waals surface area (Å²) in [6.45, 7) is 7.51. The predicted molar refractivity (Wildman–Crippen MR) is 131 cm³/mol. The first-order chi connectivity index (χ1) is 12.4. The molecule has 0 aliphatic carbocycles. The first-order valence-electron chi connectivity index (χ1n) is 11.5. The van der Waals surface area contributed by atoms with Crippen molar-refractivity contribution in [3.8, 4) is 0 Å². The number of carbonyl (C=O) groups is 1.